The number of ether oxygens (including phenoxy) is 2. The molecule has 0 aliphatic heterocycles. The average molecular weight is 343 g/mol. The smallest absolute Gasteiger partial charge is 0.259 e. The van der Waals surface area contributed by atoms with E-state index in [-0.39, 0.29) is 11.4 Å². The number of aryl methyl sites for hydroxylation is 1. The molecule has 1 aromatic carbocycles. The van der Waals surface area contributed by atoms with Crippen LogP contribution in [0.5, 0.6) is 11.5 Å². The highest BCUT2D eigenvalue weighted by Crippen LogP contribution is 2.37. The van der Waals surface area contributed by atoms with E-state index >= 15 is 0 Å². The zero-order valence-electron chi connectivity index (χ0n) is 13.5. The Bertz CT molecular complexity index is 1000. The summed E-state index contributed by atoms with van der Waals surface area (Å²) in [6, 6.07) is 7.28. The Hall–Kier alpha value is -2.80. The van der Waals surface area contributed by atoms with Crippen molar-refractivity contribution in [2.75, 3.05) is 14.2 Å². The van der Waals surface area contributed by atoms with E-state index in [1.165, 1.54) is 15.9 Å². The highest BCUT2D eigenvalue weighted by Gasteiger charge is 2.15. The Labute approximate surface area is 142 Å². The maximum absolute atomic E-state index is 12.4. The zero-order chi connectivity index (χ0) is 17.4. The number of methoxy groups -OCH3 is 2. The molecular formula is C17H17N3O3S. The van der Waals surface area contributed by atoms with Crippen molar-refractivity contribution < 1.29 is 9.47 Å². The minimum Gasteiger partial charge on any atom is -0.493 e. The zero-order valence-corrected chi connectivity index (χ0v) is 14.4. The van der Waals surface area contributed by atoms with Crippen LogP contribution in [-0.2, 0) is 7.05 Å². The number of thiophene rings is 1. The van der Waals surface area contributed by atoms with E-state index in [1.807, 2.05) is 18.2 Å². The van der Waals surface area contributed by atoms with Crippen LogP contribution in [0, 0.1) is 5.41 Å². The molecule has 0 aliphatic carbocycles. The number of benzene rings is 1. The molecular weight excluding hydrogens is 326 g/mol. The van der Waals surface area contributed by atoms with Gasteiger partial charge in [-0.3, -0.25) is 10.2 Å². The minimum absolute atomic E-state index is 0.0449. The molecule has 6 nitrogen and oxygen atoms in total. The fourth-order valence-electron chi connectivity index (χ4n) is 2.59. The molecule has 124 valence electrons. The Morgan fingerprint density at radius 2 is 1.92 bits per heavy atom. The summed E-state index contributed by atoms with van der Waals surface area (Å²) >= 11 is 1.34. The van der Waals surface area contributed by atoms with Gasteiger partial charge in [0.05, 0.1) is 24.5 Å². The summed E-state index contributed by atoms with van der Waals surface area (Å²) in [5.41, 5.74) is 7.25. The predicted molar refractivity (Wildman–Crippen MR) is 96.6 cm³/mol. The largest absolute Gasteiger partial charge is 0.493 e. The van der Waals surface area contributed by atoms with Crippen molar-refractivity contribution in [3.05, 3.63) is 45.7 Å². The quantitative estimate of drug-likeness (QED) is 0.563. The van der Waals surface area contributed by atoms with Gasteiger partial charge in [-0.2, -0.15) is 0 Å². The molecule has 0 bridgehead atoms. The first-order chi connectivity index (χ1) is 11.5. The van der Waals surface area contributed by atoms with Crippen molar-refractivity contribution in [3.63, 3.8) is 0 Å². The molecule has 2 heterocycles. The van der Waals surface area contributed by atoms with Crippen molar-refractivity contribution in [1.82, 2.24) is 4.57 Å². The second-order valence-electron chi connectivity index (χ2n) is 5.30. The van der Waals surface area contributed by atoms with Crippen LogP contribution >= 0.6 is 11.3 Å². The van der Waals surface area contributed by atoms with Crippen molar-refractivity contribution >= 4 is 27.3 Å². The topological polar surface area (TPSA) is 90.3 Å². The van der Waals surface area contributed by atoms with Crippen molar-refractivity contribution in [2.45, 2.75) is 0 Å². The van der Waals surface area contributed by atoms with Crippen molar-refractivity contribution in [3.8, 4) is 22.6 Å². The first kappa shape index (κ1) is 16.1. The fourth-order valence-corrected chi connectivity index (χ4v) is 3.64. The lowest BCUT2D eigenvalue weighted by molar-refractivity contribution is 0.355. The number of fused-ring (bicyclic) bond motifs is 1. The normalized spacial score (nSPS) is 10.8. The van der Waals surface area contributed by atoms with E-state index in [0.29, 0.717) is 21.8 Å². The Morgan fingerprint density at radius 3 is 2.54 bits per heavy atom. The second-order valence-corrected chi connectivity index (χ2v) is 6.35. The molecule has 0 unspecified atom stereocenters. The molecule has 0 amide bonds. The SMILES string of the molecule is COc1ccc(-c2cn(C)c(=O)c3cc(C(=N)N)sc23)cc1OC. The molecule has 3 aromatic rings. The Balaban J connectivity index is 2.32. The van der Waals surface area contributed by atoms with Crippen LogP contribution < -0.4 is 20.8 Å². The maximum Gasteiger partial charge on any atom is 0.259 e. The van der Waals surface area contributed by atoms with Gasteiger partial charge in [0.15, 0.2) is 11.5 Å². The summed E-state index contributed by atoms with van der Waals surface area (Å²) in [7, 11) is 4.87. The van der Waals surface area contributed by atoms with Crippen LogP contribution in [0.2, 0.25) is 0 Å². The molecule has 0 atom stereocenters. The number of nitrogens with one attached hydrogen (secondary N) is 1. The van der Waals surface area contributed by atoms with Gasteiger partial charge in [0.2, 0.25) is 0 Å². The summed E-state index contributed by atoms with van der Waals surface area (Å²) in [4.78, 5) is 13.0. The van der Waals surface area contributed by atoms with Gasteiger partial charge in [0.25, 0.3) is 5.56 Å². The molecule has 24 heavy (non-hydrogen) atoms. The molecule has 7 heteroatoms. The highest BCUT2D eigenvalue weighted by atomic mass is 32.1. The summed E-state index contributed by atoms with van der Waals surface area (Å²) in [5, 5.41) is 8.18. The van der Waals surface area contributed by atoms with Gasteiger partial charge in [-0.1, -0.05) is 6.07 Å². The molecule has 0 aliphatic rings. The molecule has 3 rings (SSSR count). The number of rotatable bonds is 4. The minimum atomic E-state index is -0.113. The van der Waals surface area contributed by atoms with E-state index in [9.17, 15) is 4.79 Å². The van der Waals surface area contributed by atoms with E-state index in [1.54, 1.807) is 33.5 Å². The van der Waals surface area contributed by atoms with Gasteiger partial charge in [-0.25, -0.2) is 0 Å². The number of nitrogen functional groups attached to an aromatic ring is 1. The number of hydrogen-bond acceptors (Lipinski definition) is 5. The molecule has 0 fully saturated rings. The monoisotopic (exact) mass is 343 g/mol. The van der Waals surface area contributed by atoms with Gasteiger partial charge >= 0.3 is 0 Å². The number of nitrogens with two attached hydrogens (primary N) is 1. The number of pyridine rings is 1. The summed E-state index contributed by atoms with van der Waals surface area (Å²) in [6.45, 7) is 0. The third-order valence-electron chi connectivity index (χ3n) is 3.81. The Kier molecular flexibility index (Phi) is 4.02. The molecule has 0 radical (unpaired) electrons. The molecule has 0 saturated heterocycles. The average Bonchev–Trinajstić information content (AvgIpc) is 3.03. The van der Waals surface area contributed by atoms with Crippen LogP contribution in [0.3, 0.4) is 0 Å². The van der Waals surface area contributed by atoms with Crippen LogP contribution in [0.1, 0.15) is 4.88 Å². The maximum atomic E-state index is 12.4. The molecule has 3 N–H and O–H groups in total. The summed E-state index contributed by atoms with van der Waals surface area (Å²) < 4.78 is 13.0. The highest BCUT2D eigenvalue weighted by molar-refractivity contribution is 7.21. The first-order valence-electron chi connectivity index (χ1n) is 7.16. The van der Waals surface area contributed by atoms with Crippen LogP contribution in [0.25, 0.3) is 21.2 Å². The van der Waals surface area contributed by atoms with Crippen molar-refractivity contribution in [2.24, 2.45) is 12.8 Å². The van der Waals surface area contributed by atoms with E-state index in [2.05, 4.69) is 0 Å². The number of aromatic nitrogens is 1. The van der Waals surface area contributed by atoms with Crippen LogP contribution in [0.15, 0.2) is 35.3 Å². The van der Waals surface area contributed by atoms with E-state index in [4.69, 9.17) is 20.6 Å². The second kappa shape index (κ2) is 6.01. The van der Waals surface area contributed by atoms with Gasteiger partial charge in [-0.05, 0) is 23.8 Å². The van der Waals surface area contributed by atoms with E-state index < -0.39 is 0 Å². The number of amidine groups is 1. The Morgan fingerprint density at radius 1 is 1.21 bits per heavy atom. The van der Waals surface area contributed by atoms with Crippen molar-refractivity contribution in [1.29, 1.82) is 5.41 Å². The summed E-state index contributed by atoms with van der Waals surface area (Å²) in [5.74, 6) is 1.20. The van der Waals surface area contributed by atoms with Crippen LogP contribution in [-0.4, -0.2) is 24.6 Å². The first-order valence-corrected chi connectivity index (χ1v) is 7.98. The number of nitrogens with zero attached hydrogens (tertiary/aromatic N) is 1. The molecule has 0 spiro atoms. The standard InChI is InChI=1S/C17H17N3O3S/c1-20-8-11(9-4-5-12(22-2)13(6-9)23-3)15-10(17(20)21)7-14(24-15)16(18)19/h4-8H,1-3H3,(H3,18,19). The third kappa shape index (κ3) is 2.52. The summed E-state index contributed by atoms with van der Waals surface area (Å²) in [6.07, 6.45) is 1.78. The van der Waals surface area contributed by atoms with Crippen LogP contribution in [0.4, 0.5) is 0 Å². The number of hydrogen-bond donors (Lipinski definition) is 2. The van der Waals surface area contributed by atoms with Gasteiger partial charge in [0, 0.05) is 23.5 Å². The third-order valence-corrected chi connectivity index (χ3v) is 5.01. The lowest BCUT2D eigenvalue weighted by Crippen LogP contribution is -2.15. The lowest BCUT2D eigenvalue weighted by atomic mass is 10.1. The predicted octanol–water partition coefficient (Wildman–Crippen LogP) is 2.57. The van der Waals surface area contributed by atoms with Gasteiger partial charge in [0.1, 0.15) is 5.84 Å². The molecule has 0 saturated carbocycles. The van der Waals surface area contributed by atoms with E-state index in [0.717, 1.165) is 15.8 Å². The fraction of sp³-hybridized carbons (Fsp3) is 0.176. The van der Waals surface area contributed by atoms with Gasteiger partial charge < -0.3 is 19.8 Å². The van der Waals surface area contributed by atoms with Gasteiger partial charge in [-0.15, -0.1) is 11.3 Å². The lowest BCUT2D eigenvalue weighted by Gasteiger charge is -2.11. The molecule has 2 aromatic heterocycles.